The fraction of sp³-hybridized carbons (Fsp3) is 0.882. The standard InChI is InChI=1S/C34H54N2O6S2/c1-8-10-23(29(37)35-27-18-25-13-15-33(27,31(25,4)5)20-43(35,39)40)17-24(12-9-11-22(2)3)30(38)36-28-19-26-14-16-34(28,32(26,6)7)21-44(36,41)42/h8,22-28H,1,9-21H2,2-7H3/t23-,24+,25+,26+,27+,28+,33+,34+/m0/s1. The Labute approximate surface area is 265 Å². The van der Waals surface area contributed by atoms with E-state index in [1.165, 1.54) is 8.61 Å². The summed E-state index contributed by atoms with van der Waals surface area (Å²) >= 11 is 0. The molecule has 10 heteroatoms. The lowest BCUT2D eigenvalue weighted by Gasteiger charge is -2.38. The fourth-order valence-corrected chi connectivity index (χ4v) is 16.7. The van der Waals surface area contributed by atoms with Gasteiger partial charge in [-0.15, -0.1) is 6.58 Å². The molecule has 4 aliphatic carbocycles. The van der Waals surface area contributed by atoms with Crippen LogP contribution in [0.3, 0.4) is 0 Å². The molecule has 2 aliphatic heterocycles. The van der Waals surface area contributed by atoms with Crippen molar-refractivity contribution in [3.63, 3.8) is 0 Å². The number of hydrogen-bond donors (Lipinski definition) is 0. The van der Waals surface area contributed by atoms with Gasteiger partial charge in [-0.05, 0) is 86.4 Å². The second-order valence-electron chi connectivity index (χ2n) is 17.0. The Balaban J connectivity index is 1.30. The first-order valence-corrected chi connectivity index (χ1v) is 20.3. The van der Waals surface area contributed by atoms with E-state index in [0.717, 1.165) is 38.5 Å². The van der Waals surface area contributed by atoms with Gasteiger partial charge < -0.3 is 0 Å². The monoisotopic (exact) mass is 650 g/mol. The maximum Gasteiger partial charge on any atom is 0.239 e. The highest BCUT2D eigenvalue weighted by Crippen LogP contribution is 2.71. The van der Waals surface area contributed by atoms with Crippen LogP contribution in [0.1, 0.15) is 112 Å². The molecule has 44 heavy (non-hydrogen) atoms. The number of allylic oxidation sites excluding steroid dienone is 1. The van der Waals surface area contributed by atoms with E-state index in [1.54, 1.807) is 6.08 Å². The molecule has 0 radical (unpaired) electrons. The number of fused-ring (bicyclic) bond motifs is 2. The Hall–Kier alpha value is -1.42. The lowest BCUT2D eigenvalue weighted by Crippen LogP contribution is -2.48. The number of hydrogen-bond acceptors (Lipinski definition) is 6. The normalized spacial score (nSPS) is 39.4. The molecule has 2 amide bonds. The molecular weight excluding hydrogens is 597 g/mol. The van der Waals surface area contributed by atoms with Crippen LogP contribution in [0.5, 0.6) is 0 Å². The van der Waals surface area contributed by atoms with Crippen LogP contribution in [0, 0.1) is 51.2 Å². The second kappa shape index (κ2) is 10.3. The van der Waals surface area contributed by atoms with Crippen molar-refractivity contribution in [3.05, 3.63) is 12.7 Å². The molecular formula is C34H54N2O6S2. The highest BCUT2D eigenvalue weighted by atomic mass is 32.2. The molecule has 0 unspecified atom stereocenters. The Morgan fingerprint density at radius 1 is 0.795 bits per heavy atom. The molecule has 0 aromatic heterocycles. The number of nitrogens with zero attached hydrogens (tertiary/aromatic N) is 2. The summed E-state index contributed by atoms with van der Waals surface area (Å²) in [5, 5.41) is 0. The lowest BCUT2D eigenvalue weighted by atomic mass is 9.69. The summed E-state index contributed by atoms with van der Waals surface area (Å²) in [5.41, 5.74) is -1.15. The Bertz CT molecular complexity index is 1450. The van der Waals surface area contributed by atoms with Crippen LogP contribution in [0.2, 0.25) is 0 Å². The lowest BCUT2D eigenvalue weighted by molar-refractivity contribution is -0.137. The summed E-state index contributed by atoms with van der Waals surface area (Å²) in [7, 11) is -7.62. The molecule has 248 valence electrons. The van der Waals surface area contributed by atoms with Crippen molar-refractivity contribution in [2.24, 2.45) is 51.2 Å². The molecule has 8 atom stereocenters. The van der Waals surface area contributed by atoms with E-state index in [0.29, 0.717) is 37.0 Å². The highest BCUT2D eigenvalue weighted by molar-refractivity contribution is 7.90. The molecule has 0 aromatic rings. The summed E-state index contributed by atoms with van der Waals surface area (Å²) in [6.45, 7) is 16.8. The van der Waals surface area contributed by atoms with Crippen LogP contribution < -0.4 is 0 Å². The Morgan fingerprint density at radius 3 is 1.66 bits per heavy atom. The van der Waals surface area contributed by atoms with Crippen molar-refractivity contribution in [3.8, 4) is 0 Å². The van der Waals surface area contributed by atoms with Crippen LogP contribution >= 0.6 is 0 Å². The number of rotatable bonds is 10. The van der Waals surface area contributed by atoms with Crippen LogP contribution in [0.4, 0.5) is 0 Å². The first-order valence-electron chi connectivity index (χ1n) is 17.1. The van der Waals surface area contributed by atoms with Gasteiger partial charge in [0.2, 0.25) is 31.9 Å². The number of sulfonamides is 2. The Morgan fingerprint density at radius 2 is 1.25 bits per heavy atom. The van der Waals surface area contributed by atoms with Crippen molar-refractivity contribution in [2.45, 2.75) is 124 Å². The van der Waals surface area contributed by atoms with Crippen molar-refractivity contribution < 1.29 is 26.4 Å². The van der Waals surface area contributed by atoms with Gasteiger partial charge in [0.15, 0.2) is 0 Å². The first kappa shape index (κ1) is 32.5. The summed E-state index contributed by atoms with van der Waals surface area (Å²) < 4.78 is 57.6. The Kier molecular flexibility index (Phi) is 7.60. The molecule has 2 saturated heterocycles. The van der Waals surface area contributed by atoms with Crippen LogP contribution in [0.25, 0.3) is 0 Å². The van der Waals surface area contributed by atoms with Crippen LogP contribution in [-0.2, 0) is 29.6 Å². The van der Waals surface area contributed by atoms with Gasteiger partial charge in [-0.2, -0.15) is 0 Å². The third-order valence-corrected chi connectivity index (χ3v) is 18.1. The molecule has 2 heterocycles. The van der Waals surface area contributed by atoms with E-state index >= 15 is 0 Å². The molecule has 0 N–H and O–H groups in total. The first-order chi connectivity index (χ1) is 20.4. The van der Waals surface area contributed by atoms with Crippen LogP contribution in [-0.4, -0.2) is 60.8 Å². The van der Waals surface area contributed by atoms with Gasteiger partial charge in [-0.25, -0.2) is 25.4 Å². The molecule has 0 aromatic carbocycles. The largest absolute Gasteiger partial charge is 0.273 e. The smallest absolute Gasteiger partial charge is 0.239 e. The zero-order valence-corrected chi connectivity index (χ0v) is 29.3. The van der Waals surface area contributed by atoms with Gasteiger partial charge in [0.25, 0.3) is 0 Å². The van der Waals surface area contributed by atoms with Gasteiger partial charge in [0.1, 0.15) is 0 Å². The predicted molar refractivity (Wildman–Crippen MR) is 171 cm³/mol. The second-order valence-corrected chi connectivity index (χ2v) is 20.7. The van der Waals surface area contributed by atoms with Crippen molar-refractivity contribution >= 4 is 31.9 Å². The molecule has 6 aliphatic rings. The minimum absolute atomic E-state index is 0.00417. The fourth-order valence-electron chi connectivity index (χ4n) is 11.5. The van der Waals surface area contributed by atoms with Crippen LogP contribution in [0.15, 0.2) is 12.7 Å². The molecule has 6 rings (SSSR count). The minimum Gasteiger partial charge on any atom is -0.273 e. The molecule has 6 fully saturated rings. The summed E-state index contributed by atoms with van der Waals surface area (Å²) in [5.74, 6) is -1.01. The third-order valence-electron chi connectivity index (χ3n) is 14.3. The summed E-state index contributed by atoms with van der Waals surface area (Å²) in [6.07, 6.45) is 9.17. The van der Waals surface area contributed by atoms with Gasteiger partial charge in [0, 0.05) is 22.7 Å². The van der Waals surface area contributed by atoms with Gasteiger partial charge >= 0.3 is 0 Å². The van der Waals surface area contributed by atoms with E-state index in [1.807, 2.05) is 0 Å². The van der Waals surface area contributed by atoms with E-state index in [9.17, 15) is 26.4 Å². The molecule has 8 nitrogen and oxygen atoms in total. The SMILES string of the molecule is C=CC[C@@H](C[C@@H](CCCC(C)C)C(=O)N1[C@@H]2C[C@H]3CC[C@]2(CS1(=O)=O)C3(C)C)C(=O)N1[C@@H]2C[C@H]3CC[C@]2(CS1(=O)=O)C3(C)C. The number of carbonyl (C=O) groups excluding carboxylic acids is 2. The zero-order valence-electron chi connectivity index (χ0n) is 27.7. The number of amides is 2. The van der Waals surface area contributed by atoms with Gasteiger partial charge in [-0.1, -0.05) is 60.5 Å². The summed E-state index contributed by atoms with van der Waals surface area (Å²) in [4.78, 5) is 28.9. The van der Waals surface area contributed by atoms with Crippen molar-refractivity contribution in [1.82, 2.24) is 8.61 Å². The van der Waals surface area contributed by atoms with Gasteiger partial charge in [0.05, 0.1) is 23.6 Å². The molecule has 4 saturated carbocycles. The van der Waals surface area contributed by atoms with E-state index < -0.39 is 48.6 Å². The summed E-state index contributed by atoms with van der Waals surface area (Å²) in [6, 6.07) is -0.670. The average Bonchev–Trinajstić information content (AvgIpc) is 3.60. The zero-order chi connectivity index (χ0) is 32.3. The van der Waals surface area contributed by atoms with E-state index in [-0.39, 0.29) is 53.2 Å². The highest BCUT2D eigenvalue weighted by Gasteiger charge is 2.74. The van der Waals surface area contributed by atoms with Gasteiger partial charge in [-0.3, -0.25) is 9.59 Å². The van der Waals surface area contributed by atoms with Crippen molar-refractivity contribution in [1.29, 1.82) is 0 Å². The quantitative estimate of drug-likeness (QED) is 0.279. The third kappa shape index (κ3) is 4.30. The molecule has 2 spiro atoms. The van der Waals surface area contributed by atoms with E-state index in [2.05, 4.69) is 48.1 Å². The number of carbonyl (C=O) groups is 2. The van der Waals surface area contributed by atoms with E-state index in [4.69, 9.17) is 0 Å². The minimum atomic E-state index is -3.82. The molecule has 4 bridgehead atoms. The maximum absolute atomic E-state index is 14.5. The average molecular weight is 651 g/mol. The topological polar surface area (TPSA) is 109 Å². The maximum atomic E-state index is 14.5. The predicted octanol–water partition coefficient (Wildman–Crippen LogP) is 5.75. The van der Waals surface area contributed by atoms with Crippen molar-refractivity contribution in [2.75, 3.05) is 11.5 Å².